The van der Waals surface area contributed by atoms with Crippen LogP contribution in [-0.4, -0.2) is 41.9 Å². The lowest BCUT2D eigenvalue weighted by atomic mass is 10.1. The second kappa shape index (κ2) is 12.3. The van der Waals surface area contributed by atoms with Crippen molar-refractivity contribution in [2.45, 2.75) is 6.92 Å². The van der Waals surface area contributed by atoms with Crippen LogP contribution in [0.4, 0.5) is 26.2 Å². The van der Waals surface area contributed by atoms with E-state index in [1.165, 1.54) is 48.5 Å². The number of hydrogen-bond acceptors (Lipinski definition) is 8. The minimum Gasteiger partial charge on any atom is -0.490 e. The van der Waals surface area contributed by atoms with Gasteiger partial charge in [-0.05, 0) is 55.0 Å². The van der Waals surface area contributed by atoms with Crippen molar-refractivity contribution in [2.75, 3.05) is 23.4 Å². The Morgan fingerprint density at radius 3 is 2.49 bits per heavy atom. The Bertz CT molecular complexity index is 1590. The van der Waals surface area contributed by atoms with Gasteiger partial charge in [-0.15, -0.1) is 0 Å². The summed E-state index contributed by atoms with van der Waals surface area (Å²) in [4.78, 5) is 61.4. The monoisotopic (exact) mass is 582 g/mol. The van der Waals surface area contributed by atoms with E-state index in [9.17, 15) is 33.7 Å². The molecule has 14 heteroatoms. The molecule has 0 bridgehead atoms. The molecule has 0 spiro atoms. The molecule has 3 aromatic rings. The Hall–Kier alpha value is -5.30. The molecule has 0 radical (unpaired) electrons. The van der Waals surface area contributed by atoms with Crippen LogP contribution in [0.3, 0.4) is 0 Å². The zero-order valence-electron chi connectivity index (χ0n) is 21.2. The van der Waals surface area contributed by atoms with Crippen LogP contribution < -0.4 is 25.0 Å². The fraction of sp³-hybridized carbons (Fsp3) is 0.111. The summed E-state index contributed by atoms with van der Waals surface area (Å²) in [6, 6.07) is 11.9. The van der Waals surface area contributed by atoms with E-state index in [0.29, 0.717) is 4.90 Å². The Balaban J connectivity index is 1.58. The highest BCUT2D eigenvalue weighted by atomic mass is 35.5. The van der Waals surface area contributed by atoms with E-state index in [0.717, 1.165) is 12.1 Å². The number of benzene rings is 3. The van der Waals surface area contributed by atoms with Crippen LogP contribution in [0.15, 0.2) is 66.2 Å². The SMILES string of the molecule is CCOc1cc(/C=C2/C(=O)NC(=O)N(c3ccc([N+](=O)[O-])cc3)C2=O)cc(Cl)c1OCC(=O)Nc1ccccc1F. The van der Waals surface area contributed by atoms with E-state index in [1.54, 1.807) is 13.0 Å². The van der Waals surface area contributed by atoms with Gasteiger partial charge in [-0.3, -0.25) is 29.8 Å². The fourth-order valence-corrected chi connectivity index (χ4v) is 4.02. The van der Waals surface area contributed by atoms with Crippen LogP contribution in [0.1, 0.15) is 12.5 Å². The summed E-state index contributed by atoms with van der Waals surface area (Å²) in [7, 11) is 0. The summed E-state index contributed by atoms with van der Waals surface area (Å²) < 4.78 is 24.9. The lowest BCUT2D eigenvalue weighted by molar-refractivity contribution is -0.384. The average molecular weight is 583 g/mol. The molecule has 2 N–H and O–H groups in total. The minimum absolute atomic E-state index is 0.00180. The van der Waals surface area contributed by atoms with Crippen LogP contribution in [0.25, 0.3) is 6.08 Å². The number of ether oxygens (including phenoxy) is 2. The smallest absolute Gasteiger partial charge is 0.335 e. The van der Waals surface area contributed by atoms with Crippen LogP contribution in [0.2, 0.25) is 5.02 Å². The van der Waals surface area contributed by atoms with Crippen molar-refractivity contribution in [3.63, 3.8) is 0 Å². The van der Waals surface area contributed by atoms with Gasteiger partial charge in [0.15, 0.2) is 18.1 Å². The molecule has 1 aliphatic rings. The van der Waals surface area contributed by atoms with Gasteiger partial charge >= 0.3 is 6.03 Å². The predicted molar refractivity (Wildman–Crippen MR) is 145 cm³/mol. The topological polar surface area (TPSA) is 157 Å². The quantitative estimate of drug-likeness (QED) is 0.162. The molecule has 5 amide bonds. The zero-order valence-corrected chi connectivity index (χ0v) is 21.9. The maximum absolute atomic E-state index is 13.8. The van der Waals surface area contributed by atoms with Gasteiger partial charge in [0.2, 0.25) is 0 Å². The number of carbonyl (C=O) groups excluding carboxylic acids is 4. The average Bonchev–Trinajstić information content (AvgIpc) is 2.92. The third-order valence-corrected chi connectivity index (χ3v) is 5.84. The number of nitrogens with zero attached hydrogens (tertiary/aromatic N) is 2. The van der Waals surface area contributed by atoms with E-state index in [1.807, 2.05) is 0 Å². The highest BCUT2D eigenvalue weighted by Gasteiger charge is 2.37. The number of carbonyl (C=O) groups is 4. The number of nitro groups is 1. The number of nitro benzene ring substituents is 1. The largest absolute Gasteiger partial charge is 0.490 e. The number of hydrogen-bond donors (Lipinski definition) is 2. The molecule has 41 heavy (non-hydrogen) atoms. The number of nitrogens with one attached hydrogen (secondary N) is 2. The molecule has 1 fully saturated rings. The van der Waals surface area contributed by atoms with Crippen molar-refractivity contribution < 1.29 is 38.0 Å². The molecule has 12 nitrogen and oxygen atoms in total. The number of barbiturate groups is 1. The van der Waals surface area contributed by atoms with Gasteiger partial charge in [-0.1, -0.05) is 23.7 Å². The number of para-hydroxylation sites is 1. The second-order valence-corrected chi connectivity index (χ2v) is 8.72. The number of urea groups is 1. The van der Waals surface area contributed by atoms with Crippen LogP contribution in [0.5, 0.6) is 11.5 Å². The van der Waals surface area contributed by atoms with Crippen molar-refractivity contribution in [2.24, 2.45) is 0 Å². The second-order valence-electron chi connectivity index (χ2n) is 8.31. The van der Waals surface area contributed by atoms with Crippen LogP contribution in [-0.2, 0) is 14.4 Å². The lowest BCUT2D eigenvalue weighted by Gasteiger charge is -2.26. The standard InChI is InChI=1S/C27H20ClFN4O8/c1-2-40-22-13-15(12-19(28)24(22)41-14-23(34)30-21-6-4-3-5-20(21)29)11-18-25(35)31-27(37)32(26(18)36)16-7-9-17(10-8-16)33(38)39/h3-13H,2,14H2,1H3,(H,30,34)(H,31,35,37)/b18-11-. The number of anilines is 2. The van der Waals surface area contributed by atoms with Crippen molar-refractivity contribution in [3.8, 4) is 11.5 Å². The molecule has 0 aliphatic carbocycles. The zero-order chi connectivity index (χ0) is 29.7. The molecule has 0 unspecified atom stereocenters. The molecular weight excluding hydrogens is 563 g/mol. The first-order chi connectivity index (χ1) is 19.6. The van der Waals surface area contributed by atoms with Gasteiger partial charge in [0, 0.05) is 12.1 Å². The molecular formula is C27H20ClFN4O8. The fourth-order valence-electron chi connectivity index (χ4n) is 3.74. The number of rotatable bonds is 9. The van der Waals surface area contributed by atoms with E-state index in [4.69, 9.17) is 21.1 Å². The van der Waals surface area contributed by atoms with Crippen molar-refractivity contribution in [1.82, 2.24) is 5.32 Å². The summed E-state index contributed by atoms with van der Waals surface area (Å²) in [6.07, 6.45) is 1.17. The molecule has 0 aromatic heterocycles. The number of imide groups is 2. The van der Waals surface area contributed by atoms with Gasteiger partial charge in [-0.2, -0.15) is 0 Å². The molecule has 210 valence electrons. The maximum Gasteiger partial charge on any atom is 0.335 e. The first-order valence-electron chi connectivity index (χ1n) is 11.9. The van der Waals surface area contributed by atoms with Crippen LogP contribution >= 0.6 is 11.6 Å². The number of halogens is 2. The first kappa shape index (κ1) is 28.7. The molecule has 3 aromatic carbocycles. The molecule has 0 atom stereocenters. The normalized spacial score (nSPS) is 14.1. The molecule has 1 aliphatic heterocycles. The molecule has 4 rings (SSSR count). The summed E-state index contributed by atoms with van der Waals surface area (Å²) in [5, 5.41) is 15.3. The summed E-state index contributed by atoms with van der Waals surface area (Å²) >= 11 is 6.39. The van der Waals surface area contributed by atoms with E-state index in [-0.39, 0.29) is 45.8 Å². The van der Waals surface area contributed by atoms with Crippen molar-refractivity contribution in [3.05, 3.63) is 92.8 Å². The van der Waals surface area contributed by atoms with Crippen molar-refractivity contribution in [1.29, 1.82) is 0 Å². The van der Waals surface area contributed by atoms with E-state index >= 15 is 0 Å². The Kier molecular flexibility index (Phi) is 8.58. The Morgan fingerprint density at radius 1 is 1.12 bits per heavy atom. The van der Waals surface area contributed by atoms with Gasteiger partial charge in [0.05, 0.1) is 27.9 Å². The summed E-state index contributed by atoms with van der Waals surface area (Å²) in [5.41, 5.74) is -0.495. The predicted octanol–water partition coefficient (Wildman–Crippen LogP) is 4.47. The first-order valence-corrected chi connectivity index (χ1v) is 12.3. The highest BCUT2D eigenvalue weighted by Crippen LogP contribution is 2.37. The van der Waals surface area contributed by atoms with Crippen molar-refractivity contribution >= 4 is 58.5 Å². The highest BCUT2D eigenvalue weighted by molar-refractivity contribution is 6.39. The lowest BCUT2D eigenvalue weighted by Crippen LogP contribution is -2.54. The van der Waals surface area contributed by atoms with Gasteiger partial charge in [-0.25, -0.2) is 14.1 Å². The third kappa shape index (κ3) is 6.47. The number of non-ortho nitro benzene ring substituents is 1. The summed E-state index contributed by atoms with van der Waals surface area (Å²) in [6.45, 7) is 1.30. The molecule has 1 saturated heterocycles. The van der Waals surface area contributed by atoms with Gasteiger partial charge in [0.1, 0.15) is 11.4 Å². The number of amides is 5. The maximum atomic E-state index is 13.8. The minimum atomic E-state index is -1.03. The van der Waals surface area contributed by atoms with E-state index < -0.39 is 46.7 Å². The Labute approximate surface area is 236 Å². The van der Waals surface area contributed by atoms with Gasteiger partial charge in [0.25, 0.3) is 23.4 Å². The van der Waals surface area contributed by atoms with Gasteiger partial charge < -0.3 is 14.8 Å². The third-order valence-electron chi connectivity index (χ3n) is 5.56. The molecule has 1 heterocycles. The van der Waals surface area contributed by atoms with Crippen LogP contribution in [0, 0.1) is 15.9 Å². The Morgan fingerprint density at radius 2 is 1.83 bits per heavy atom. The summed E-state index contributed by atoms with van der Waals surface area (Å²) in [5.74, 6) is -3.18. The molecule has 0 saturated carbocycles. The van der Waals surface area contributed by atoms with E-state index in [2.05, 4.69) is 10.6 Å².